The Morgan fingerprint density at radius 2 is 1.53 bits per heavy atom. The van der Waals surface area contributed by atoms with Crippen LogP contribution < -0.4 is 14.2 Å². The summed E-state index contributed by atoms with van der Waals surface area (Å²) in [5, 5.41) is 11.3. The van der Waals surface area contributed by atoms with E-state index in [1.54, 1.807) is 37.4 Å². The molecule has 186 valence electrons. The highest BCUT2D eigenvalue weighted by Crippen LogP contribution is 2.41. The quantitative estimate of drug-likeness (QED) is 0.270. The van der Waals surface area contributed by atoms with Crippen LogP contribution in [0.1, 0.15) is 36.6 Å². The van der Waals surface area contributed by atoms with E-state index in [0.29, 0.717) is 28.4 Å². The van der Waals surface area contributed by atoms with E-state index in [1.165, 1.54) is 12.0 Å². The van der Waals surface area contributed by atoms with Crippen LogP contribution in [0.5, 0.6) is 17.2 Å². The summed E-state index contributed by atoms with van der Waals surface area (Å²) in [4.78, 5) is 28.1. The topological polar surface area (TPSA) is 85.3 Å². The van der Waals surface area contributed by atoms with Gasteiger partial charge in [-0.05, 0) is 61.4 Å². The molecule has 0 aliphatic carbocycles. The number of likely N-dealkylation sites (tertiary alicyclic amines) is 1. The Hall–Kier alpha value is -4.26. The van der Waals surface area contributed by atoms with Gasteiger partial charge in [0, 0.05) is 12.1 Å². The van der Waals surface area contributed by atoms with Crippen molar-refractivity contribution in [1.82, 2.24) is 4.90 Å². The standard InChI is InChI=1S/C29H29NO6/c1-18(2)36-24-13-6-9-20(15-24)26-25(27(31)21-10-7-12-23(16-21)35-4)28(32)29(33)30(26)17-19-8-5-11-22(14-19)34-3/h5-16,18,26,31H,17H2,1-4H3/b27-25-. The minimum absolute atomic E-state index is 0.0119. The van der Waals surface area contributed by atoms with E-state index >= 15 is 0 Å². The summed E-state index contributed by atoms with van der Waals surface area (Å²) in [6, 6.07) is 20.5. The largest absolute Gasteiger partial charge is 0.507 e. The molecule has 1 aliphatic rings. The lowest BCUT2D eigenvalue weighted by Gasteiger charge is -2.26. The molecule has 3 aromatic rings. The molecule has 0 aromatic heterocycles. The lowest BCUT2D eigenvalue weighted by atomic mass is 9.95. The van der Waals surface area contributed by atoms with E-state index in [0.717, 1.165) is 5.56 Å². The zero-order valence-electron chi connectivity index (χ0n) is 20.7. The molecule has 4 rings (SSSR count). The van der Waals surface area contributed by atoms with Gasteiger partial charge < -0.3 is 24.2 Å². The highest BCUT2D eigenvalue weighted by Gasteiger charge is 2.46. The molecule has 0 radical (unpaired) electrons. The van der Waals surface area contributed by atoms with Gasteiger partial charge in [0.2, 0.25) is 0 Å². The summed E-state index contributed by atoms with van der Waals surface area (Å²) in [5.41, 5.74) is 1.84. The number of carbonyl (C=O) groups excluding carboxylic acids is 2. The van der Waals surface area contributed by atoms with E-state index in [2.05, 4.69) is 0 Å². The first-order valence-corrected chi connectivity index (χ1v) is 11.6. The van der Waals surface area contributed by atoms with Crippen LogP contribution in [0, 0.1) is 0 Å². The fourth-order valence-corrected chi connectivity index (χ4v) is 4.31. The van der Waals surface area contributed by atoms with Gasteiger partial charge in [0.25, 0.3) is 11.7 Å². The van der Waals surface area contributed by atoms with Crippen LogP contribution >= 0.6 is 0 Å². The van der Waals surface area contributed by atoms with Crippen molar-refractivity contribution >= 4 is 17.4 Å². The van der Waals surface area contributed by atoms with Gasteiger partial charge in [-0.1, -0.05) is 36.4 Å². The third-order valence-corrected chi connectivity index (χ3v) is 5.92. The molecule has 1 heterocycles. The highest BCUT2D eigenvalue weighted by molar-refractivity contribution is 6.46. The monoisotopic (exact) mass is 487 g/mol. The molecule has 1 amide bonds. The Bertz CT molecular complexity index is 1310. The first-order valence-electron chi connectivity index (χ1n) is 11.6. The Labute approximate surface area is 210 Å². The maximum absolute atomic E-state index is 13.3. The van der Waals surface area contributed by atoms with E-state index in [4.69, 9.17) is 14.2 Å². The van der Waals surface area contributed by atoms with Crippen molar-refractivity contribution in [3.8, 4) is 17.2 Å². The molecule has 0 saturated carbocycles. The first kappa shape index (κ1) is 24.9. The zero-order valence-corrected chi connectivity index (χ0v) is 20.7. The molecular formula is C29H29NO6. The van der Waals surface area contributed by atoms with Crippen LogP contribution in [0.2, 0.25) is 0 Å². The fourth-order valence-electron chi connectivity index (χ4n) is 4.31. The van der Waals surface area contributed by atoms with Crippen LogP contribution in [0.4, 0.5) is 0 Å². The van der Waals surface area contributed by atoms with Gasteiger partial charge >= 0.3 is 0 Å². The van der Waals surface area contributed by atoms with Gasteiger partial charge in [0.05, 0.1) is 31.9 Å². The number of amides is 1. The summed E-state index contributed by atoms with van der Waals surface area (Å²) in [6.45, 7) is 3.99. The molecule has 1 fully saturated rings. The number of hydrogen-bond donors (Lipinski definition) is 1. The van der Waals surface area contributed by atoms with Crippen LogP contribution in [0.15, 0.2) is 78.4 Å². The van der Waals surface area contributed by atoms with E-state index in [9.17, 15) is 14.7 Å². The van der Waals surface area contributed by atoms with E-state index in [-0.39, 0.29) is 24.0 Å². The smallest absolute Gasteiger partial charge is 0.295 e. The van der Waals surface area contributed by atoms with Crippen molar-refractivity contribution in [2.45, 2.75) is 32.5 Å². The minimum Gasteiger partial charge on any atom is -0.507 e. The van der Waals surface area contributed by atoms with Crippen molar-refractivity contribution in [2.24, 2.45) is 0 Å². The van der Waals surface area contributed by atoms with Crippen LogP contribution in [0.25, 0.3) is 5.76 Å². The van der Waals surface area contributed by atoms with Gasteiger partial charge in [-0.25, -0.2) is 0 Å². The molecule has 0 bridgehead atoms. The Kier molecular flexibility index (Phi) is 7.29. The Morgan fingerprint density at radius 3 is 2.22 bits per heavy atom. The molecule has 36 heavy (non-hydrogen) atoms. The van der Waals surface area contributed by atoms with Gasteiger partial charge in [-0.2, -0.15) is 0 Å². The van der Waals surface area contributed by atoms with Crippen LogP contribution in [0.3, 0.4) is 0 Å². The number of aliphatic hydroxyl groups is 1. The first-order chi connectivity index (χ1) is 17.3. The Balaban J connectivity index is 1.86. The second-order valence-corrected chi connectivity index (χ2v) is 8.75. The number of rotatable bonds is 8. The molecule has 1 atom stereocenters. The fraction of sp³-hybridized carbons (Fsp3) is 0.241. The average molecular weight is 488 g/mol. The molecule has 1 unspecified atom stereocenters. The number of Topliss-reactive ketones (excluding diaryl/α,β-unsaturated/α-hetero) is 1. The van der Waals surface area contributed by atoms with Crippen molar-refractivity contribution in [3.05, 3.63) is 95.1 Å². The predicted octanol–water partition coefficient (Wildman–Crippen LogP) is 5.11. The van der Waals surface area contributed by atoms with Crippen molar-refractivity contribution < 1.29 is 28.9 Å². The molecule has 7 nitrogen and oxygen atoms in total. The molecule has 1 N–H and O–H groups in total. The summed E-state index contributed by atoms with van der Waals surface area (Å²) >= 11 is 0. The molecule has 0 spiro atoms. The molecule has 7 heteroatoms. The van der Waals surface area contributed by atoms with Gasteiger partial charge in [0.15, 0.2) is 0 Å². The number of ketones is 1. The maximum atomic E-state index is 13.3. The number of nitrogens with zero attached hydrogens (tertiary/aromatic N) is 1. The summed E-state index contributed by atoms with van der Waals surface area (Å²) in [7, 11) is 3.09. The number of ether oxygens (including phenoxy) is 3. The maximum Gasteiger partial charge on any atom is 0.295 e. The van der Waals surface area contributed by atoms with E-state index < -0.39 is 17.7 Å². The second kappa shape index (κ2) is 10.6. The number of benzene rings is 3. The normalized spacial score (nSPS) is 16.9. The molecule has 1 aliphatic heterocycles. The van der Waals surface area contributed by atoms with Gasteiger partial charge in [0.1, 0.15) is 23.0 Å². The number of hydrogen-bond acceptors (Lipinski definition) is 6. The third kappa shape index (κ3) is 5.05. The number of carbonyl (C=O) groups is 2. The molecule has 3 aromatic carbocycles. The average Bonchev–Trinajstić information content (AvgIpc) is 3.13. The number of aliphatic hydroxyl groups excluding tert-OH is 1. The van der Waals surface area contributed by atoms with Crippen LogP contribution in [-0.4, -0.2) is 42.0 Å². The molecular weight excluding hydrogens is 458 g/mol. The zero-order chi connectivity index (χ0) is 25.8. The second-order valence-electron chi connectivity index (χ2n) is 8.75. The SMILES string of the molecule is COc1cccc(CN2C(=O)C(=O)/C(=C(\O)c3cccc(OC)c3)C2c2cccc(OC(C)C)c2)c1. The van der Waals surface area contributed by atoms with Crippen molar-refractivity contribution in [2.75, 3.05) is 14.2 Å². The van der Waals surface area contributed by atoms with Crippen molar-refractivity contribution in [1.29, 1.82) is 0 Å². The van der Waals surface area contributed by atoms with Crippen molar-refractivity contribution in [3.63, 3.8) is 0 Å². The van der Waals surface area contributed by atoms with E-state index in [1.807, 2.05) is 56.3 Å². The lowest BCUT2D eigenvalue weighted by Crippen LogP contribution is -2.29. The number of methoxy groups -OCH3 is 2. The predicted molar refractivity (Wildman–Crippen MR) is 136 cm³/mol. The van der Waals surface area contributed by atoms with Gasteiger partial charge in [-0.15, -0.1) is 0 Å². The van der Waals surface area contributed by atoms with Crippen LogP contribution in [-0.2, 0) is 16.1 Å². The summed E-state index contributed by atoms with van der Waals surface area (Å²) in [6.07, 6.45) is -0.0554. The van der Waals surface area contributed by atoms with Gasteiger partial charge in [-0.3, -0.25) is 9.59 Å². The third-order valence-electron chi connectivity index (χ3n) is 5.92. The summed E-state index contributed by atoms with van der Waals surface area (Å²) < 4.78 is 16.5. The highest BCUT2D eigenvalue weighted by atomic mass is 16.5. The Morgan fingerprint density at radius 1 is 0.889 bits per heavy atom. The lowest BCUT2D eigenvalue weighted by molar-refractivity contribution is -0.140. The molecule has 1 saturated heterocycles. The summed E-state index contributed by atoms with van der Waals surface area (Å²) in [5.74, 6) is 0.0650. The minimum atomic E-state index is -0.821.